The molecule has 27 heavy (non-hydrogen) atoms. The number of nitrogens with zero attached hydrogens (tertiary/aromatic N) is 3. The smallest absolute Gasteiger partial charge is 0.278 e. The van der Waals surface area contributed by atoms with Crippen LogP contribution in [-0.2, 0) is 4.79 Å². The number of fused-ring (bicyclic) bond motifs is 1. The second-order valence-electron chi connectivity index (χ2n) is 5.82. The number of carbonyl (C=O) groups excluding carboxylic acids is 1. The Morgan fingerprint density at radius 3 is 2.63 bits per heavy atom. The van der Waals surface area contributed by atoms with E-state index < -0.39 is 6.04 Å². The minimum Gasteiger partial charge on any atom is -0.493 e. The highest BCUT2D eigenvalue weighted by Crippen LogP contribution is 2.25. The van der Waals surface area contributed by atoms with Gasteiger partial charge in [-0.05, 0) is 31.2 Å². The molecule has 1 heterocycles. The molecule has 0 spiro atoms. The third kappa shape index (κ3) is 4.05. The molecule has 0 bridgehead atoms. The first-order valence-corrected chi connectivity index (χ1v) is 8.49. The molecule has 2 aromatic carbocycles. The first kappa shape index (κ1) is 18.4. The number of amides is 1. The highest BCUT2D eigenvalue weighted by molar-refractivity contribution is 5.81. The third-order valence-corrected chi connectivity index (χ3v) is 4.07. The maximum atomic E-state index is 12.5. The van der Waals surface area contributed by atoms with E-state index in [0.29, 0.717) is 22.4 Å². The van der Waals surface area contributed by atoms with Gasteiger partial charge in [-0.3, -0.25) is 9.59 Å². The lowest BCUT2D eigenvalue weighted by atomic mass is 10.2. The van der Waals surface area contributed by atoms with Crippen LogP contribution in [0.25, 0.3) is 10.9 Å². The number of carbonyl (C=O) groups is 1. The van der Waals surface area contributed by atoms with Gasteiger partial charge in [-0.15, -0.1) is 5.10 Å². The van der Waals surface area contributed by atoms with Crippen molar-refractivity contribution < 1.29 is 14.3 Å². The fourth-order valence-electron chi connectivity index (χ4n) is 2.59. The van der Waals surface area contributed by atoms with Gasteiger partial charge in [-0.1, -0.05) is 29.5 Å². The summed E-state index contributed by atoms with van der Waals surface area (Å²) in [5.74, 6) is 0.874. The summed E-state index contributed by atoms with van der Waals surface area (Å²) >= 11 is 0. The molecule has 1 amide bonds. The van der Waals surface area contributed by atoms with Gasteiger partial charge >= 0.3 is 0 Å². The van der Waals surface area contributed by atoms with Crippen LogP contribution in [0.5, 0.6) is 11.5 Å². The molecule has 0 saturated carbocycles. The molecule has 1 atom stereocenters. The van der Waals surface area contributed by atoms with Crippen molar-refractivity contribution in [1.29, 1.82) is 0 Å². The van der Waals surface area contributed by atoms with Gasteiger partial charge in [0, 0.05) is 0 Å². The monoisotopic (exact) mass is 368 g/mol. The van der Waals surface area contributed by atoms with Gasteiger partial charge < -0.3 is 14.8 Å². The fourth-order valence-corrected chi connectivity index (χ4v) is 2.59. The first-order valence-electron chi connectivity index (χ1n) is 8.49. The van der Waals surface area contributed by atoms with E-state index in [9.17, 15) is 9.59 Å². The van der Waals surface area contributed by atoms with E-state index >= 15 is 0 Å². The van der Waals surface area contributed by atoms with Crippen molar-refractivity contribution in [3.05, 3.63) is 58.9 Å². The average Bonchev–Trinajstić information content (AvgIpc) is 2.71. The van der Waals surface area contributed by atoms with Gasteiger partial charge in [0.05, 0.1) is 19.0 Å². The Labute approximate surface area is 155 Å². The first-order chi connectivity index (χ1) is 13.1. The molecule has 1 aromatic heterocycles. The number of benzene rings is 2. The maximum Gasteiger partial charge on any atom is 0.278 e. The van der Waals surface area contributed by atoms with Crippen molar-refractivity contribution in [2.45, 2.75) is 13.0 Å². The summed E-state index contributed by atoms with van der Waals surface area (Å²) in [6.07, 6.45) is 0. The summed E-state index contributed by atoms with van der Waals surface area (Å²) in [5.41, 5.74) is 0.144. The molecule has 8 nitrogen and oxygen atoms in total. The number of hydrogen-bond acceptors (Lipinski definition) is 6. The van der Waals surface area contributed by atoms with Crippen molar-refractivity contribution in [1.82, 2.24) is 20.3 Å². The van der Waals surface area contributed by atoms with Gasteiger partial charge in [0.25, 0.3) is 5.56 Å². The van der Waals surface area contributed by atoms with Gasteiger partial charge in [-0.2, -0.15) is 4.68 Å². The van der Waals surface area contributed by atoms with Crippen LogP contribution in [0, 0.1) is 0 Å². The van der Waals surface area contributed by atoms with Crippen LogP contribution >= 0.6 is 0 Å². The van der Waals surface area contributed by atoms with Crippen molar-refractivity contribution in [3.8, 4) is 11.5 Å². The lowest BCUT2D eigenvalue weighted by Crippen LogP contribution is -2.39. The third-order valence-electron chi connectivity index (χ3n) is 4.07. The predicted octanol–water partition coefficient (Wildman–Crippen LogP) is 1.56. The molecule has 0 saturated heterocycles. The fraction of sp³-hybridized carbons (Fsp3) is 0.263. The lowest BCUT2D eigenvalue weighted by molar-refractivity contribution is -0.124. The molecule has 0 aliphatic rings. The molecule has 0 fully saturated rings. The second kappa shape index (κ2) is 8.31. The van der Waals surface area contributed by atoms with E-state index in [2.05, 4.69) is 15.6 Å². The Hall–Kier alpha value is -3.42. The Morgan fingerprint density at radius 1 is 1.15 bits per heavy atom. The number of aromatic nitrogens is 3. The predicted molar refractivity (Wildman–Crippen MR) is 100 cm³/mol. The van der Waals surface area contributed by atoms with Gasteiger partial charge in [0.1, 0.15) is 18.2 Å². The number of hydrogen-bond donors (Lipinski definition) is 1. The molecule has 3 rings (SSSR count). The largest absolute Gasteiger partial charge is 0.493 e. The minimum absolute atomic E-state index is 0.261. The van der Waals surface area contributed by atoms with Crippen LogP contribution in [0.1, 0.15) is 13.0 Å². The molecule has 140 valence electrons. The van der Waals surface area contributed by atoms with Gasteiger partial charge in [-0.25, -0.2) is 0 Å². The van der Waals surface area contributed by atoms with Crippen LogP contribution in [0.4, 0.5) is 0 Å². The standard InChI is InChI=1S/C19H20N4O4/c1-13(23-19(25)14-7-3-4-8-15(14)21-22-23)18(24)20-11-12-27-17-10-6-5-9-16(17)26-2/h3-10,13H,11-12H2,1-2H3,(H,20,24). The zero-order chi connectivity index (χ0) is 19.2. The summed E-state index contributed by atoms with van der Waals surface area (Å²) in [6, 6.07) is 13.4. The summed E-state index contributed by atoms with van der Waals surface area (Å²) in [4.78, 5) is 24.8. The highest BCUT2D eigenvalue weighted by Gasteiger charge is 2.18. The lowest BCUT2D eigenvalue weighted by Gasteiger charge is -2.14. The molecule has 1 unspecified atom stereocenters. The Morgan fingerprint density at radius 2 is 1.85 bits per heavy atom. The van der Waals surface area contributed by atoms with Crippen molar-refractivity contribution in [3.63, 3.8) is 0 Å². The van der Waals surface area contributed by atoms with Gasteiger partial charge in [0.15, 0.2) is 11.5 Å². The van der Waals surface area contributed by atoms with Crippen molar-refractivity contribution in [2.24, 2.45) is 0 Å². The molecule has 3 aromatic rings. The molecular weight excluding hydrogens is 348 g/mol. The van der Waals surface area contributed by atoms with Crippen LogP contribution in [-0.4, -0.2) is 41.2 Å². The van der Waals surface area contributed by atoms with E-state index in [-0.39, 0.29) is 24.6 Å². The molecule has 1 N–H and O–H groups in total. The van der Waals surface area contributed by atoms with E-state index in [1.807, 2.05) is 12.1 Å². The number of nitrogens with one attached hydrogen (secondary N) is 1. The topological polar surface area (TPSA) is 95.3 Å². The van der Waals surface area contributed by atoms with E-state index in [1.54, 1.807) is 50.4 Å². The van der Waals surface area contributed by atoms with Crippen LogP contribution < -0.4 is 20.3 Å². The molecule has 8 heteroatoms. The quantitative estimate of drug-likeness (QED) is 0.636. The van der Waals surface area contributed by atoms with Crippen LogP contribution in [0.3, 0.4) is 0 Å². The zero-order valence-electron chi connectivity index (χ0n) is 15.1. The Bertz CT molecular complexity index is 1000. The highest BCUT2D eigenvalue weighted by atomic mass is 16.5. The van der Waals surface area contributed by atoms with Gasteiger partial charge in [0.2, 0.25) is 5.91 Å². The summed E-state index contributed by atoms with van der Waals surface area (Å²) in [5, 5.41) is 11.0. The SMILES string of the molecule is COc1ccccc1OCCNC(=O)C(C)n1nnc2ccccc2c1=O. The van der Waals surface area contributed by atoms with Crippen LogP contribution in [0.15, 0.2) is 53.3 Å². The number of para-hydroxylation sites is 2. The van der Waals surface area contributed by atoms with Crippen LogP contribution in [0.2, 0.25) is 0 Å². The van der Waals surface area contributed by atoms with E-state index in [4.69, 9.17) is 9.47 Å². The molecular formula is C19H20N4O4. The zero-order valence-corrected chi connectivity index (χ0v) is 15.1. The minimum atomic E-state index is -0.791. The summed E-state index contributed by atoms with van der Waals surface area (Å²) in [7, 11) is 1.56. The van der Waals surface area contributed by atoms with E-state index in [1.165, 1.54) is 0 Å². The summed E-state index contributed by atoms with van der Waals surface area (Å²) < 4.78 is 11.9. The number of methoxy groups -OCH3 is 1. The van der Waals surface area contributed by atoms with Crippen molar-refractivity contribution >= 4 is 16.8 Å². The maximum absolute atomic E-state index is 12.5. The average molecular weight is 368 g/mol. The van der Waals surface area contributed by atoms with E-state index in [0.717, 1.165) is 4.68 Å². The Balaban J connectivity index is 1.60. The second-order valence-corrected chi connectivity index (χ2v) is 5.82. The molecule has 0 radical (unpaired) electrons. The number of ether oxygens (including phenoxy) is 2. The van der Waals surface area contributed by atoms with Crippen molar-refractivity contribution in [2.75, 3.05) is 20.3 Å². The summed E-state index contributed by atoms with van der Waals surface area (Å²) in [6.45, 7) is 2.13. The normalized spacial score (nSPS) is 11.8. The molecule has 0 aliphatic heterocycles. The Kier molecular flexibility index (Phi) is 5.65. The molecule has 0 aliphatic carbocycles. The number of rotatable bonds is 7.